The number of anilines is 1. The molecule has 2 heterocycles. The summed E-state index contributed by atoms with van der Waals surface area (Å²) in [6.07, 6.45) is 0.928. The molecule has 2 nitrogen and oxygen atoms in total. The number of rotatable bonds is 1. The Morgan fingerprint density at radius 3 is 2.69 bits per heavy atom. The molecule has 0 aliphatic carbocycles. The van der Waals surface area contributed by atoms with Crippen LogP contribution in [0.3, 0.4) is 0 Å². The minimum atomic E-state index is -0.267. The second-order valence-corrected chi connectivity index (χ2v) is 9.29. The molecule has 0 bridgehead atoms. The molecule has 1 amide bonds. The van der Waals surface area contributed by atoms with Gasteiger partial charge in [-0.3, -0.25) is 4.79 Å². The smallest absolute Gasteiger partial charge is 0.270 e. The van der Waals surface area contributed by atoms with E-state index in [2.05, 4.69) is 45.9 Å². The molecule has 4 heteroatoms. The molecule has 26 heavy (non-hydrogen) atoms. The van der Waals surface area contributed by atoms with Gasteiger partial charge in [-0.15, -0.1) is 11.3 Å². The molecule has 1 aromatic heterocycles. The molecule has 0 unspecified atom stereocenters. The summed E-state index contributed by atoms with van der Waals surface area (Å²) >= 11 is 8.10. The first kappa shape index (κ1) is 17.6. The van der Waals surface area contributed by atoms with Crippen molar-refractivity contribution in [3.05, 3.63) is 63.5 Å². The zero-order chi connectivity index (χ0) is 18.6. The highest BCUT2D eigenvalue weighted by Gasteiger charge is 2.41. The Kier molecular flexibility index (Phi) is 4.13. The van der Waals surface area contributed by atoms with E-state index in [0.717, 1.165) is 27.8 Å². The van der Waals surface area contributed by atoms with Gasteiger partial charge in [0, 0.05) is 21.3 Å². The van der Waals surface area contributed by atoms with Crippen molar-refractivity contribution in [2.75, 3.05) is 4.90 Å². The number of amides is 1. The molecule has 1 atom stereocenters. The van der Waals surface area contributed by atoms with E-state index in [1.807, 2.05) is 29.2 Å². The molecule has 2 aromatic carbocycles. The van der Waals surface area contributed by atoms with Gasteiger partial charge in [-0.2, -0.15) is 0 Å². The van der Waals surface area contributed by atoms with Crippen LogP contribution in [0.4, 0.5) is 5.69 Å². The normalized spacial score (nSPS) is 18.8. The van der Waals surface area contributed by atoms with Crippen molar-refractivity contribution in [3.8, 4) is 0 Å². The van der Waals surface area contributed by atoms with E-state index >= 15 is 0 Å². The Balaban J connectivity index is 1.90. The zero-order valence-electron chi connectivity index (χ0n) is 15.5. The van der Waals surface area contributed by atoms with Crippen molar-refractivity contribution in [2.45, 2.75) is 45.6 Å². The number of hydrogen-bond acceptors (Lipinski definition) is 2. The van der Waals surface area contributed by atoms with E-state index in [9.17, 15) is 4.79 Å². The summed E-state index contributed by atoms with van der Waals surface area (Å²) < 4.78 is 1.05. The van der Waals surface area contributed by atoms with Crippen LogP contribution in [0.15, 0.2) is 42.5 Å². The summed E-state index contributed by atoms with van der Waals surface area (Å²) in [6.45, 7) is 8.60. The lowest BCUT2D eigenvalue weighted by molar-refractivity contribution is 0.0958. The van der Waals surface area contributed by atoms with Crippen LogP contribution in [0, 0.1) is 6.92 Å². The topological polar surface area (TPSA) is 20.3 Å². The first-order chi connectivity index (χ1) is 12.3. The van der Waals surface area contributed by atoms with Crippen molar-refractivity contribution < 1.29 is 4.79 Å². The minimum Gasteiger partial charge on any atom is -0.302 e. The summed E-state index contributed by atoms with van der Waals surface area (Å²) in [5, 5.41) is 1.52. The van der Waals surface area contributed by atoms with Crippen LogP contribution in [0.2, 0.25) is 5.02 Å². The van der Waals surface area contributed by atoms with Gasteiger partial charge in [0.1, 0.15) is 4.88 Å². The van der Waals surface area contributed by atoms with Gasteiger partial charge in [0.05, 0.1) is 5.02 Å². The van der Waals surface area contributed by atoms with E-state index in [0.29, 0.717) is 15.8 Å². The molecule has 0 radical (unpaired) electrons. The third-order valence-electron chi connectivity index (χ3n) is 5.30. The molecule has 1 aliphatic rings. The van der Waals surface area contributed by atoms with Crippen molar-refractivity contribution in [2.24, 2.45) is 0 Å². The van der Waals surface area contributed by atoms with E-state index in [4.69, 9.17) is 11.6 Å². The summed E-state index contributed by atoms with van der Waals surface area (Å²) in [6, 6.07) is 14.4. The largest absolute Gasteiger partial charge is 0.302 e. The van der Waals surface area contributed by atoms with Crippen LogP contribution in [0.5, 0.6) is 0 Å². The Hall–Kier alpha value is -1.84. The fourth-order valence-corrected chi connectivity index (χ4v) is 5.62. The molecule has 3 aromatic rings. The highest BCUT2D eigenvalue weighted by molar-refractivity contribution is 7.21. The first-order valence-electron chi connectivity index (χ1n) is 8.92. The Morgan fingerprint density at radius 1 is 1.23 bits per heavy atom. The van der Waals surface area contributed by atoms with Crippen molar-refractivity contribution in [1.29, 1.82) is 0 Å². The highest BCUT2D eigenvalue weighted by atomic mass is 35.5. The summed E-state index contributed by atoms with van der Waals surface area (Å²) in [7, 11) is 0. The number of thiophene rings is 1. The van der Waals surface area contributed by atoms with Gasteiger partial charge < -0.3 is 4.90 Å². The van der Waals surface area contributed by atoms with Crippen LogP contribution in [0.1, 0.15) is 53.9 Å². The highest BCUT2D eigenvalue weighted by Crippen LogP contribution is 2.46. The van der Waals surface area contributed by atoms with Gasteiger partial charge in [-0.05, 0) is 56.4 Å². The van der Waals surface area contributed by atoms with E-state index in [1.54, 1.807) is 0 Å². The molecular weight excluding hydrogens is 362 g/mol. The number of fused-ring (bicyclic) bond motifs is 2. The van der Waals surface area contributed by atoms with Crippen LogP contribution in [-0.2, 0) is 0 Å². The molecule has 4 rings (SSSR count). The summed E-state index contributed by atoms with van der Waals surface area (Å²) in [5.41, 5.74) is 3.15. The number of hydrogen-bond donors (Lipinski definition) is 0. The fraction of sp³-hybridized carbons (Fsp3) is 0.318. The van der Waals surface area contributed by atoms with Crippen LogP contribution < -0.4 is 4.90 Å². The fourth-order valence-electron chi connectivity index (χ4n) is 4.18. The monoisotopic (exact) mass is 383 g/mol. The maximum Gasteiger partial charge on any atom is 0.270 e. The number of nitrogens with zero attached hydrogens (tertiary/aromatic N) is 1. The second kappa shape index (κ2) is 6.11. The Bertz CT molecular complexity index is 1020. The van der Waals surface area contributed by atoms with Gasteiger partial charge in [0.25, 0.3) is 5.91 Å². The van der Waals surface area contributed by atoms with E-state index < -0.39 is 0 Å². The number of halogens is 1. The predicted octanol–water partition coefficient (Wildman–Crippen LogP) is 6.80. The number of aryl methyl sites for hydroxylation is 1. The number of carbonyl (C=O) groups is 1. The van der Waals surface area contributed by atoms with Crippen LogP contribution in [0.25, 0.3) is 10.1 Å². The van der Waals surface area contributed by atoms with Crippen molar-refractivity contribution in [1.82, 2.24) is 0 Å². The van der Waals surface area contributed by atoms with Gasteiger partial charge in [0.15, 0.2) is 0 Å². The van der Waals surface area contributed by atoms with Gasteiger partial charge in [0.2, 0.25) is 0 Å². The van der Waals surface area contributed by atoms with E-state index in [1.165, 1.54) is 16.9 Å². The molecule has 1 aliphatic heterocycles. The Labute approximate surface area is 163 Å². The SMILES string of the molecule is Cc1ccc2c(c1)N(C(=O)c1sc3ccccc3c1Cl)C(C)(C)C[C@@H]2C. The van der Waals surface area contributed by atoms with Gasteiger partial charge in [-0.1, -0.05) is 48.9 Å². The number of benzene rings is 2. The summed E-state index contributed by atoms with van der Waals surface area (Å²) in [5.74, 6) is 0.419. The minimum absolute atomic E-state index is 0.0000463. The molecular formula is C22H22ClNOS. The molecule has 0 N–H and O–H groups in total. The molecule has 0 saturated heterocycles. The molecule has 134 valence electrons. The predicted molar refractivity (Wildman–Crippen MR) is 112 cm³/mol. The molecule has 0 spiro atoms. The maximum absolute atomic E-state index is 13.6. The lowest BCUT2D eigenvalue weighted by atomic mass is 9.79. The average Bonchev–Trinajstić information content (AvgIpc) is 2.91. The quantitative estimate of drug-likeness (QED) is 0.452. The third kappa shape index (κ3) is 2.65. The average molecular weight is 384 g/mol. The van der Waals surface area contributed by atoms with Crippen molar-refractivity contribution in [3.63, 3.8) is 0 Å². The third-order valence-corrected chi connectivity index (χ3v) is 6.96. The molecule has 0 saturated carbocycles. The second-order valence-electron chi connectivity index (χ2n) is 7.86. The van der Waals surface area contributed by atoms with Crippen LogP contribution >= 0.6 is 22.9 Å². The maximum atomic E-state index is 13.6. The van der Waals surface area contributed by atoms with Crippen LogP contribution in [-0.4, -0.2) is 11.4 Å². The summed E-state index contributed by atoms with van der Waals surface area (Å²) in [4.78, 5) is 16.2. The zero-order valence-corrected chi connectivity index (χ0v) is 17.0. The standard InChI is InChI=1S/C22H22ClNOS/c1-13-9-10-15-14(2)12-22(3,4)24(17(15)11-13)21(25)20-19(23)16-7-5-6-8-18(16)26-20/h5-11,14H,12H2,1-4H3/t14-/m0/s1. The van der Waals surface area contributed by atoms with Gasteiger partial charge in [-0.25, -0.2) is 0 Å². The van der Waals surface area contributed by atoms with Gasteiger partial charge >= 0.3 is 0 Å². The first-order valence-corrected chi connectivity index (χ1v) is 10.1. The Morgan fingerprint density at radius 2 is 1.96 bits per heavy atom. The lowest BCUT2D eigenvalue weighted by Gasteiger charge is -2.46. The molecule has 0 fully saturated rings. The van der Waals surface area contributed by atoms with E-state index in [-0.39, 0.29) is 11.4 Å². The lowest BCUT2D eigenvalue weighted by Crippen LogP contribution is -2.51. The number of carbonyl (C=O) groups excluding carboxylic acids is 1. The van der Waals surface area contributed by atoms with Crippen molar-refractivity contribution >= 4 is 44.6 Å².